The first-order chi connectivity index (χ1) is 15.8. The number of hydrogen-bond donors (Lipinski definition) is 1. The zero-order valence-electron chi connectivity index (χ0n) is 19.9. The van der Waals surface area contributed by atoms with Crippen LogP contribution in [0.15, 0.2) is 42.5 Å². The maximum absolute atomic E-state index is 13.3. The Morgan fingerprint density at radius 1 is 1.06 bits per heavy atom. The van der Waals surface area contributed by atoms with E-state index in [4.69, 9.17) is 27.9 Å². The number of nitrogens with one attached hydrogen (secondary N) is 1. The molecule has 0 saturated heterocycles. The summed E-state index contributed by atoms with van der Waals surface area (Å²) in [6, 6.07) is 12.2. The van der Waals surface area contributed by atoms with Gasteiger partial charge in [-0.05, 0) is 54.2 Å². The molecule has 0 aromatic heterocycles. The van der Waals surface area contributed by atoms with Crippen molar-refractivity contribution in [3.63, 3.8) is 0 Å². The van der Waals surface area contributed by atoms with Gasteiger partial charge in [0.1, 0.15) is 11.8 Å². The zero-order chi connectivity index (χ0) is 24.4. The highest BCUT2D eigenvalue weighted by Crippen LogP contribution is 2.24. The zero-order valence-corrected chi connectivity index (χ0v) is 21.4. The molecule has 2 aromatic rings. The molecule has 2 amide bonds. The van der Waals surface area contributed by atoms with Gasteiger partial charge < -0.3 is 15.0 Å². The molecule has 7 heteroatoms. The molecule has 0 radical (unpaired) electrons. The highest BCUT2D eigenvalue weighted by atomic mass is 35.5. The summed E-state index contributed by atoms with van der Waals surface area (Å²) in [5.74, 6) is 0.562. The third kappa shape index (κ3) is 8.24. The van der Waals surface area contributed by atoms with Crippen LogP contribution in [-0.2, 0) is 16.1 Å². The summed E-state index contributed by atoms with van der Waals surface area (Å²) in [6.45, 7) is 8.78. The van der Waals surface area contributed by atoms with Crippen LogP contribution in [0.3, 0.4) is 0 Å². The quantitative estimate of drug-likeness (QED) is 0.357. The monoisotopic (exact) mass is 492 g/mol. The molecule has 0 aliphatic carbocycles. The Labute approximate surface area is 207 Å². The van der Waals surface area contributed by atoms with Crippen LogP contribution < -0.4 is 10.1 Å². The molecule has 0 fully saturated rings. The van der Waals surface area contributed by atoms with E-state index in [0.717, 1.165) is 18.4 Å². The van der Waals surface area contributed by atoms with Crippen molar-refractivity contribution in [1.82, 2.24) is 10.2 Å². The van der Waals surface area contributed by atoms with Crippen LogP contribution in [0.2, 0.25) is 10.0 Å². The van der Waals surface area contributed by atoms with Crippen LogP contribution >= 0.6 is 23.2 Å². The molecule has 1 N–H and O–H groups in total. The van der Waals surface area contributed by atoms with E-state index in [1.165, 1.54) is 5.56 Å². The summed E-state index contributed by atoms with van der Waals surface area (Å²) < 4.78 is 5.77. The Morgan fingerprint density at radius 3 is 2.33 bits per heavy atom. The number of amides is 2. The maximum atomic E-state index is 13.3. The SMILES string of the molecule is CCCCNC(=O)[C@@H](CC)N(Cc1ccc(Cl)cc1Cl)C(=O)COc1ccc(C(C)C)cc1. The van der Waals surface area contributed by atoms with E-state index in [1.807, 2.05) is 31.2 Å². The molecular weight excluding hydrogens is 459 g/mol. The van der Waals surface area contributed by atoms with Crippen molar-refractivity contribution in [2.24, 2.45) is 0 Å². The van der Waals surface area contributed by atoms with E-state index < -0.39 is 6.04 Å². The molecule has 0 unspecified atom stereocenters. The molecule has 2 aromatic carbocycles. The number of halogens is 2. The minimum absolute atomic E-state index is 0.175. The van der Waals surface area contributed by atoms with Gasteiger partial charge in [-0.1, -0.05) is 75.5 Å². The molecule has 0 saturated carbocycles. The van der Waals surface area contributed by atoms with E-state index >= 15 is 0 Å². The summed E-state index contributed by atoms with van der Waals surface area (Å²) in [4.78, 5) is 27.7. The third-order valence-electron chi connectivity index (χ3n) is 5.48. The fourth-order valence-electron chi connectivity index (χ4n) is 3.44. The highest BCUT2D eigenvalue weighted by molar-refractivity contribution is 6.35. The Hall–Kier alpha value is -2.24. The number of hydrogen-bond acceptors (Lipinski definition) is 3. The van der Waals surface area contributed by atoms with Gasteiger partial charge in [0.05, 0.1) is 0 Å². The summed E-state index contributed by atoms with van der Waals surface area (Å²) in [5.41, 5.74) is 1.91. The second-order valence-corrected chi connectivity index (χ2v) is 9.18. The molecule has 2 rings (SSSR count). The third-order valence-corrected chi connectivity index (χ3v) is 6.07. The predicted octanol–water partition coefficient (Wildman–Crippen LogP) is 6.22. The highest BCUT2D eigenvalue weighted by Gasteiger charge is 2.29. The molecule has 1 atom stereocenters. The Morgan fingerprint density at radius 2 is 1.76 bits per heavy atom. The number of nitrogens with zero attached hydrogens (tertiary/aromatic N) is 1. The van der Waals surface area contributed by atoms with Crippen molar-refractivity contribution in [1.29, 1.82) is 0 Å². The van der Waals surface area contributed by atoms with Crippen LogP contribution in [0, 0.1) is 0 Å². The molecule has 33 heavy (non-hydrogen) atoms. The van der Waals surface area contributed by atoms with Gasteiger partial charge in [-0.15, -0.1) is 0 Å². The summed E-state index contributed by atoms with van der Waals surface area (Å²) in [7, 11) is 0. The van der Waals surface area contributed by atoms with E-state index in [2.05, 4.69) is 26.1 Å². The lowest BCUT2D eigenvalue weighted by molar-refractivity contribution is -0.143. The first kappa shape index (κ1) is 27.0. The van der Waals surface area contributed by atoms with Gasteiger partial charge in [0.2, 0.25) is 5.91 Å². The summed E-state index contributed by atoms with van der Waals surface area (Å²) in [6.07, 6.45) is 2.33. The molecule has 0 aliphatic rings. The smallest absolute Gasteiger partial charge is 0.261 e. The molecule has 5 nitrogen and oxygen atoms in total. The van der Waals surface area contributed by atoms with Crippen molar-refractivity contribution in [2.45, 2.75) is 65.5 Å². The van der Waals surface area contributed by atoms with Gasteiger partial charge in [-0.25, -0.2) is 0 Å². The number of rotatable bonds is 12. The topological polar surface area (TPSA) is 58.6 Å². The summed E-state index contributed by atoms with van der Waals surface area (Å²) >= 11 is 12.4. The maximum Gasteiger partial charge on any atom is 0.261 e. The molecular formula is C26H34Cl2N2O3. The Balaban J connectivity index is 2.20. The molecule has 0 bridgehead atoms. The van der Waals surface area contributed by atoms with Crippen molar-refractivity contribution >= 4 is 35.0 Å². The largest absolute Gasteiger partial charge is 0.484 e. The van der Waals surface area contributed by atoms with Gasteiger partial charge in [0.25, 0.3) is 5.91 Å². The number of ether oxygens (including phenoxy) is 1. The number of carbonyl (C=O) groups excluding carboxylic acids is 2. The van der Waals surface area contributed by atoms with Gasteiger partial charge in [-0.2, -0.15) is 0 Å². The molecule has 0 spiro atoms. The van der Waals surface area contributed by atoms with Crippen molar-refractivity contribution in [2.75, 3.05) is 13.2 Å². The molecule has 0 aliphatic heterocycles. The van der Waals surface area contributed by atoms with Gasteiger partial charge >= 0.3 is 0 Å². The minimum Gasteiger partial charge on any atom is -0.484 e. The fourth-order valence-corrected chi connectivity index (χ4v) is 3.90. The average molecular weight is 493 g/mol. The molecule has 180 valence electrons. The first-order valence-corrected chi connectivity index (χ1v) is 12.3. The van der Waals surface area contributed by atoms with Crippen LogP contribution in [-0.4, -0.2) is 35.9 Å². The number of benzene rings is 2. The fraction of sp³-hybridized carbons (Fsp3) is 0.462. The van der Waals surface area contributed by atoms with Gasteiger partial charge in [0, 0.05) is 23.1 Å². The number of unbranched alkanes of at least 4 members (excludes halogenated alkanes) is 1. The lowest BCUT2D eigenvalue weighted by atomic mass is 10.0. The summed E-state index contributed by atoms with van der Waals surface area (Å²) in [5, 5.41) is 3.91. The van der Waals surface area contributed by atoms with Crippen molar-refractivity contribution < 1.29 is 14.3 Å². The van der Waals surface area contributed by atoms with E-state index in [0.29, 0.717) is 34.7 Å². The second kappa shape index (κ2) is 13.5. The molecule has 0 heterocycles. The Bertz CT molecular complexity index is 916. The standard InChI is InChI=1S/C26H34Cl2N2O3/c1-5-7-14-29-26(32)24(6-2)30(16-20-8-11-21(27)15-23(20)28)25(31)17-33-22-12-9-19(10-13-22)18(3)4/h8-13,15,18,24H,5-7,14,16-17H2,1-4H3,(H,29,32)/t24-/m1/s1. The van der Waals surface area contributed by atoms with Gasteiger partial charge in [-0.3, -0.25) is 9.59 Å². The van der Waals surface area contributed by atoms with Crippen LogP contribution in [0.25, 0.3) is 0 Å². The van der Waals surface area contributed by atoms with Crippen molar-refractivity contribution in [3.05, 3.63) is 63.6 Å². The first-order valence-electron chi connectivity index (χ1n) is 11.5. The van der Waals surface area contributed by atoms with Crippen LogP contribution in [0.4, 0.5) is 0 Å². The average Bonchev–Trinajstić information content (AvgIpc) is 2.79. The lowest BCUT2D eigenvalue weighted by Crippen LogP contribution is -2.50. The van der Waals surface area contributed by atoms with Crippen molar-refractivity contribution in [3.8, 4) is 5.75 Å². The van der Waals surface area contributed by atoms with E-state index in [9.17, 15) is 9.59 Å². The predicted molar refractivity (Wildman–Crippen MR) is 135 cm³/mol. The van der Waals surface area contributed by atoms with Gasteiger partial charge in [0.15, 0.2) is 6.61 Å². The minimum atomic E-state index is -0.631. The van der Waals surface area contributed by atoms with E-state index in [-0.39, 0.29) is 25.0 Å². The second-order valence-electron chi connectivity index (χ2n) is 8.34. The lowest BCUT2D eigenvalue weighted by Gasteiger charge is -2.31. The number of carbonyl (C=O) groups is 2. The normalized spacial score (nSPS) is 11.8. The van der Waals surface area contributed by atoms with E-state index in [1.54, 1.807) is 23.1 Å². The van der Waals surface area contributed by atoms with Crippen LogP contribution in [0.1, 0.15) is 64.0 Å². The van der Waals surface area contributed by atoms with Crippen LogP contribution in [0.5, 0.6) is 5.75 Å². The Kier molecular flexibility index (Phi) is 11.0.